The summed E-state index contributed by atoms with van der Waals surface area (Å²) in [4.78, 5) is 79.7. The Morgan fingerprint density at radius 2 is 0.672 bits per heavy atom. The van der Waals surface area contributed by atoms with Gasteiger partial charge in [0.15, 0.2) is 0 Å². The number of carbonyl (C=O) groups is 3. The molecule has 128 heavy (non-hydrogen) atoms. The molecule has 11 rings (SSSR count). The van der Waals surface area contributed by atoms with Crippen LogP contribution >= 0.6 is 0 Å². The lowest BCUT2D eigenvalue weighted by Gasteiger charge is -2.21. The van der Waals surface area contributed by atoms with E-state index < -0.39 is 35.4 Å². The summed E-state index contributed by atoms with van der Waals surface area (Å²) in [7, 11) is 3.25. The molecule has 0 radical (unpaired) electrons. The van der Waals surface area contributed by atoms with Crippen LogP contribution in [0.2, 0.25) is 0 Å². The molecule has 0 bridgehead atoms. The van der Waals surface area contributed by atoms with E-state index in [1.807, 2.05) is 140 Å². The van der Waals surface area contributed by atoms with E-state index in [-0.39, 0.29) is 44.9 Å². The van der Waals surface area contributed by atoms with E-state index in [0.717, 1.165) is 80.0 Å². The molecular weight excluding hydrogens is 1650 g/mol. The fourth-order valence-electron chi connectivity index (χ4n) is 11.4. The molecule has 0 saturated heterocycles. The van der Waals surface area contributed by atoms with Crippen molar-refractivity contribution in [3.63, 3.8) is 0 Å². The first-order chi connectivity index (χ1) is 59.5. The van der Waals surface area contributed by atoms with Gasteiger partial charge in [-0.3, -0.25) is 4.79 Å². The van der Waals surface area contributed by atoms with Crippen molar-refractivity contribution in [2.24, 2.45) is 5.73 Å². The first-order valence-corrected chi connectivity index (χ1v) is 40.9. The summed E-state index contributed by atoms with van der Waals surface area (Å²) < 4.78 is 93.4. The summed E-state index contributed by atoms with van der Waals surface area (Å²) in [6.45, 7) is 47.2. The quantitative estimate of drug-likeness (QED) is 0.0221. The molecule has 3 amide bonds. The highest BCUT2D eigenvalue weighted by Gasteiger charge is 2.34. The van der Waals surface area contributed by atoms with Crippen molar-refractivity contribution >= 4 is 117 Å². The Hall–Kier alpha value is -13.9. The van der Waals surface area contributed by atoms with Crippen molar-refractivity contribution in [2.45, 2.75) is 206 Å². The van der Waals surface area contributed by atoms with Gasteiger partial charge in [-0.2, -0.15) is 51.3 Å². The second-order valence-corrected chi connectivity index (χ2v) is 35.0. The largest absolute Gasteiger partial charge is 0.497 e. The maximum absolute atomic E-state index is 13.0. The molecule has 14 N–H and O–H groups in total. The van der Waals surface area contributed by atoms with E-state index in [9.17, 15) is 40.7 Å². The maximum Gasteiger partial charge on any atom is 0.416 e. The Labute approximate surface area is 744 Å². The Balaban J connectivity index is 0.000000221. The van der Waals surface area contributed by atoms with Gasteiger partial charge in [0.05, 0.1) is 37.5 Å². The van der Waals surface area contributed by atoms with Gasteiger partial charge in [0.2, 0.25) is 35.6 Å². The Bertz CT molecular complexity index is 5620. The minimum atomic E-state index is -4.49. The SMILES string of the molecule is CCOC(=O)c1cccc(Nc2nc(NC(C)(C)C)ncc2C)c1C.COc1cc(Nc2nc(NC(C)(C)C)ncc2C)cc(OC)c1.Cc1cnc(NC(C)(C)C)nc1Nc1cccc(C(F)(F)F)c1C.Cc1cnc(NC(C)(C)C)nc1Nc1cccc(C(N)=O)c1C.Cc1cnc(NC(C)(C)C)nc1Nc1cccc(NC(=O)Nc2cccc(C(F)(F)F)c2)c1. The highest BCUT2D eigenvalue weighted by molar-refractivity contribution is 6.00. The van der Waals surface area contributed by atoms with Gasteiger partial charge in [-0.15, -0.1) is 0 Å². The number of alkyl halides is 6. The van der Waals surface area contributed by atoms with Gasteiger partial charge in [-0.25, -0.2) is 34.5 Å². The van der Waals surface area contributed by atoms with Crippen LogP contribution in [0.4, 0.5) is 130 Å². The summed E-state index contributed by atoms with van der Waals surface area (Å²) in [6, 6.07) is 31.2. The number of benzene rings is 6. The summed E-state index contributed by atoms with van der Waals surface area (Å²) in [5.74, 6) is 6.45. The number of amides is 3. The third-order valence-electron chi connectivity index (χ3n) is 17.6. The van der Waals surface area contributed by atoms with E-state index in [0.29, 0.717) is 99.3 Å². The number of hydrogen-bond donors (Lipinski definition) is 13. The fourth-order valence-corrected chi connectivity index (χ4v) is 11.4. The molecule has 684 valence electrons. The first kappa shape index (κ1) is 101. The van der Waals surface area contributed by atoms with Gasteiger partial charge < -0.3 is 83.7 Å². The second-order valence-electron chi connectivity index (χ2n) is 35.0. The maximum atomic E-state index is 13.0. The predicted molar refractivity (Wildman–Crippen MR) is 500 cm³/mol. The Kier molecular flexibility index (Phi) is 34.3. The minimum Gasteiger partial charge on any atom is -0.497 e. The molecule has 6 aromatic carbocycles. The van der Waals surface area contributed by atoms with Gasteiger partial charge in [-0.05, 0) is 256 Å². The van der Waals surface area contributed by atoms with E-state index >= 15 is 0 Å². The molecular formula is C93H119F6N23O6. The number of halogens is 6. The molecule has 0 atom stereocenters. The van der Waals surface area contributed by atoms with Crippen LogP contribution in [0, 0.1) is 55.4 Å². The van der Waals surface area contributed by atoms with E-state index in [1.54, 1.807) is 108 Å². The van der Waals surface area contributed by atoms with Crippen molar-refractivity contribution in [3.8, 4) is 11.5 Å². The number of esters is 1. The van der Waals surface area contributed by atoms with Crippen LogP contribution in [0.5, 0.6) is 11.5 Å². The Morgan fingerprint density at radius 1 is 0.359 bits per heavy atom. The summed E-state index contributed by atoms with van der Waals surface area (Å²) in [6.07, 6.45) is -0.219. The van der Waals surface area contributed by atoms with Gasteiger partial charge in [-0.1, -0.05) is 30.3 Å². The zero-order valence-corrected chi connectivity index (χ0v) is 77.4. The first-order valence-electron chi connectivity index (χ1n) is 40.9. The highest BCUT2D eigenvalue weighted by Crippen LogP contribution is 2.38. The number of anilines is 17. The molecule has 11 aromatic rings. The molecule has 0 fully saturated rings. The van der Waals surface area contributed by atoms with Crippen LogP contribution in [0.1, 0.15) is 187 Å². The highest BCUT2D eigenvalue weighted by atomic mass is 19.4. The lowest BCUT2D eigenvalue weighted by atomic mass is 10.1. The van der Waals surface area contributed by atoms with Crippen LogP contribution in [-0.4, -0.2) is 116 Å². The minimum absolute atomic E-state index is 0.0343. The number of urea groups is 1. The number of carbonyl (C=O) groups excluding carboxylic acids is 3. The van der Waals surface area contributed by atoms with Crippen LogP contribution < -0.4 is 79.0 Å². The van der Waals surface area contributed by atoms with Crippen molar-refractivity contribution in [2.75, 3.05) is 84.6 Å². The third kappa shape index (κ3) is 32.9. The lowest BCUT2D eigenvalue weighted by molar-refractivity contribution is -0.138. The van der Waals surface area contributed by atoms with E-state index in [1.165, 1.54) is 25.1 Å². The summed E-state index contributed by atoms with van der Waals surface area (Å²) in [5.41, 5.74) is 14.2. The topological polar surface area (TPSA) is 378 Å². The van der Waals surface area contributed by atoms with Crippen LogP contribution in [0.25, 0.3) is 0 Å². The van der Waals surface area contributed by atoms with Crippen molar-refractivity contribution < 1.29 is 54.9 Å². The van der Waals surface area contributed by atoms with Gasteiger partial charge in [0.1, 0.15) is 40.6 Å². The number of ether oxygens (including phenoxy) is 3. The Morgan fingerprint density at radius 3 is 1.02 bits per heavy atom. The zero-order chi connectivity index (χ0) is 95.2. The lowest BCUT2D eigenvalue weighted by Crippen LogP contribution is -2.27. The van der Waals surface area contributed by atoms with Crippen LogP contribution in [0.15, 0.2) is 152 Å². The molecule has 29 nitrogen and oxygen atoms in total. The number of hydrogen-bond acceptors (Lipinski definition) is 26. The van der Waals surface area contributed by atoms with Crippen LogP contribution in [0.3, 0.4) is 0 Å². The monoisotopic (exact) mass is 1770 g/mol. The average Bonchev–Trinajstić information content (AvgIpc) is 0.824. The van der Waals surface area contributed by atoms with Gasteiger partial charge in [0.25, 0.3) is 0 Å². The fraction of sp³-hybridized carbons (Fsp3) is 0.366. The smallest absolute Gasteiger partial charge is 0.416 e. The predicted octanol–water partition coefficient (Wildman–Crippen LogP) is 22.6. The number of primary amides is 1. The van der Waals surface area contributed by atoms with Crippen molar-refractivity contribution in [1.82, 2.24) is 49.8 Å². The molecule has 0 unspecified atom stereocenters. The molecule has 0 aliphatic rings. The number of nitrogens with one attached hydrogen (secondary N) is 12. The van der Waals surface area contributed by atoms with E-state index in [2.05, 4.69) is 155 Å². The third-order valence-corrected chi connectivity index (χ3v) is 17.6. The number of rotatable bonds is 22. The van der Waals surface area contributed by atoms with Crippen molar-refractivity contribution in [3.05, 3.63) is 219 Å². The molecule has 0 spiro atoms. The number of methoxy groups -OCH3 is 2. The summed E-state index contributed by atoms with van der Waals surface area (Å²) in [5, 5.41) is 37.2. The second kappa shape index (κ2) is 43.3. The number of aromatic nitrogens is 10. The molecule has 5 heterocycles. The van der Waals surface area contributed by atoms with Crippen LogP contribution in [-0.2, 0) is 17.1 Å². The van der Waals surface area contributed by atoms with Gasteiger partial charge >= 0.3 is 24.4 Å². The molecule has 0 aliphatic carbocycles. The van der Waals surface area contributed by atoms with E-state index in [4.69, 9.17) is 19.9 Å². The molecule has 0 aliphatic heterocycles. The number of nitrogens with two attached hydrogens (primary N) is 1. The number of nitrogens with zero attached hydrogens (tertiary/aromatic N) is 10. The average molecular weight is 1770 g/mol. The standard InChI is InChI=1S/C23H25F3N6O.C19H26N4O2.C17H21F3N4.C17H23N5O.C17H24N4O2/c1-14-13-27-20(32-22(2,3)4)31-19(14)28-17-9-6-10-18(12-17)30-21(33)29-16-8-5-7-15(11-16)23(24,25)26;1-7-25-17(24)14-9-8-10-15(13(14)3)21-16-12(2)11-20-18(22-16)23-19(4,5)6;1-10-9-21-15(24-16(3,4)5)23-14(10)22-13-8-6-7-12(11(13)2)17(18,19)20;1-10-9-19-16(22-17(3,4)5)21-15(10)20-13-8-6-7-12(11(13)2)14(18)23;1-11-10-18-16(21-17(2,3)4)20-15(11)19-12-7-13(22-5)9-14(8-12)23-6/h5-13H,1-4H3,(H2,29,30,33)(H2,27,28,31,32);8-11H,7H2,1-6H3,(H2,20,21,22,23);6-9H,1-5H3,(H2,21,22,23,24);6-9H,1-5H3,(H2,18,23)(H2,19,20,21,22);7-10H,1-6H3,(H2,18,19,20,21). The van der Waals surface area contributed by atoms with Crippen molar-refractivity contribution in [1.29, 1.82) is 0 Å². The molecule has 0 saturated carbocycles. The zero-order valence-electron chi connectivity index (χ0n) is 77.4. The van der Waals surface area contributed by atoms with Gasteiger partial charge in [0, 0.05) is 150 Å². The summed E-state index contributed by atoms with van der Waals surface area (Å²) >= 11 is 0. The number of aryl methyl sites for hydroxylation is 5. The normalized spacial score (nSPS) is 11.4. The molecule has 5 aromatic heterocycles. The molecule has 35 heteroatoms.